The van der Waals surface area contributed by atoms with Gasteiger partial charge in [0.05, 0.1) is 18.2 Å². The number of aryl methyl sites for hydroxylation is 1. The normalized spacial score (nSPS) is 22.9. The molecule has 0 aliphatic carbocycles. The molecule has 3 aliphatic heterocycles. The van der Waals surface area contributed by atoms with Crippen LogP contribution < -0.4 is 0 Å². The molecule has 2 atom stereocenters. The van der Waals surface area contributed by atoms with Crippen LogP contribution in [-0.2, 0) is 17.9 Å². The van der Waals surface area contributed by atoms with Crippen LogP contribution in [0.1, 0.15) is 29.7 Å². The third kappa shape index (κ3) is 3.58. The van der Waals surface area contributed by atoms with Gasteiger partial charge in [0.2, 0.25) is 5.91 Å². The molecule has 4 heterocycles. The second kappa shape index (κ2) is 7.35. The smallest absolute Gasteiger partial charge is 0.227 e. The van der Waals surface area contributed by atoms with E-state index in [2.05, 4.69) is 9.88 Å². The maximum absolute atomic E-state index is 14.3. The fraction of sp³-hybridized carbons (Fsp3) is 0.429. The average Bonchev–Trinajstić information content (AvgIpc) is 2.95. The van der Waals surface area contributed by atoms with Crippen molar-refractivity contribution in [3.05, 3.63) is 65.0 Å². The first-order valence-electron chi connectivity index (χ1n) is 9.39. The number of pyridine rings is 1. The predicted molar refractivity (Wildman–Crippen MR) is 97.7 cm³/mol. The van der Waals surface area contributed by atoms with Gasteiger partial charge in [-0.3, -0.25) is 14.7 Å². The fourth-order valence-corrected chi connectivity index (χ4v) is 4.18. The van der Waals surface area contributed by atoms with Gasteiger partial charge in [0.25, 0.3) is 0 Å². The van der Waals surface area contributed by atoms with Crippen molar-refractivity contribution in [1.29, 1.82) is 0 Å². The lowest BCUT2D eigenvalue weighted by atomic mass is 9.94. The number of fused-ring (bicyclic) bond motifs is 4. The Balaban J connectivity index is 1.52. The molecule has 0 N–H and O–H groups in total. The Morgan fingerprint density at radius 3 is 2.70 bits per heavy atom. The van der Waals surface area contributed by atoms with E-state index in [0.29, 0.717) is 37.3 Å². The largest absolute Gasteiger partial charge is 0.332 e. The van der Waals surface area contributed by atoms with Crippen molar-refractivity contribution in [2.75, 3.05) is 13.1 Å². The van der Waals surface area contributed by atoms with Gasteiger partial charge in [0, 0.05) is 37.4 Å². The molecule has 0 spiro atoms. The van der Waals surface area contributed by atoms with Crippen LogP contribution in [0.15, 0.2) is 36.5 Å². The van der Waals surface area contributed by atoms with Crippen LogP contribution in [-0.4, -0.2) is 39.8 Å². The van der Waals surface area contributed by atoms with E-state index in [4.69, 9.17) is 0 Å². The second-order valence-corrected chi connectivity index (χ2v) is 7.58. The molecule has 0 unspecified atom stereocenters. The Morgan fingerprint density at radius 2 is 1.93 bits per heavy atom. The summed E-state index contributed by atoms with van der Waals surface area (Å²) < 4.78 is 28.2. The number of halogens is 2. The average molecular weight is 371 g/mol. The number of hydrogen-bond donors (Lipinski definition) is 0. The lowest BCUT2D eigenvalue weighted by Crippen LogP contribution is -2.47. The highest BCUT2D eigenvalue weighted by Gasteiger charge is 2.40. The van der Waals surface area contributed by atoms with Crippen LogP contribution in [0.5, 0.6) is 0 Å². The fourth-order valence-electron chi connectivity index (χ4n) is 4.18. The Bertz CT molecular complexity index is 843. The van der Waals surface area contributed by atoms with E-state index in [1.54, 1.807) is 25.3 Å². The van der Waals surface area contributed by atoms with Crippen molar-refractivity contribution < 1.29 is 13.6 Å². The topological polar surface area (TPSA) is 36.4 Å². The third-order valence-corrected chi connectivity index (χ3v) is 5.68. The number of amides is 1. The van der Waals surface area contributed by atoms with Crippen LogP contribution in [0.2, 0.25) is 0 Å². The van der Waals surface area contributed by atoms with E-state index in [1.807, 2.05) is 23.1 Å². The molecule has 2 aromatic rings. The van der Waals surface area contributed by atoms with Crippen LogP contribution in [0, 0.1) is 24.5 Å². The van der Waals surface area contributed by atoms with Crippen molar-refractivity contribution in [2.45, 2.75) is 38.9 Å². The van der Waals surface area contributed by atoms with Crippen molar-refractivity contribution in [1.82, 2.24) is 14.8 Å². The summed E-state index contributed by atoms with van der Waals surface area (Å²) in [5.74, 6) is -1.50. The van der Waals surface area contributed by atoms with E-state index in [9.17, 15) is 13.6 Å². The Labute approximate surface area is 157 Å². The van der Waals surface area contributed by atoms with Crippen LogP contribution in [0.3, 0.4) is 0 Å². The van der Waals surface area contributed by atoms with Gasteiger partial charge < -0.3 is 4.90 Å². The summed E-state index contributed by atoms with van der Waals surface area (Å²) >= 11 is 0. The van der Waals surface area contributed by atoms with Crippen molar-refractivity contribution in [2.24, 2.45) is 5.92 Å². The number of carbonyl (C=O) groups excluding carboxylic acids is 1. The van der Waals surface area contributed by atoms with Gasteiger partial charge in [-0.05, 0) is 37.5 Å². The van der Waals surface area contributed by atoms with Gasteiger partial charge in [0.15, 0.2) is 11.6 Å². The monoisotopic (exact) mass is 371 g/mol. The van der Waals surface area contributed by atoms with E-state index < -0.39 is 11.6 Å². The van der Waals surface area contributed by atoms with E-state index in [1.165, 1.54) is 0 Å². The maximum atomic E-state index is 14.3. The lowest BCUT2D eigenvalue weighted by Gasteiger charge is -2.35. The number of rotatable bonds is 4. The van der Waals surface area contributed by atoms with Crippen LogP contribution in [0.25, 0.3) is 0 Å². The number of piperidine rings is 1. The Hall–Kier alpha value is -2.34. The summed E-state index contributed by atoms with van der Waals surface area (Å²) in [7, 11) is 0. The molecule has 0 saturated carbocycles. The van der Waals surface area contributed by atoms with Gasteiger partial charge in [0.1, 0.15) is 0 Å². The number of nitrogens with zero attached hydrogens (tertiary/aromatic N) is 3. The molecular weight excluding hydrogens is 348 g/mol. The molecule has 1 aromatic carbocycles. The minimum atomic E-state index is -0.779. The molecule has 3 aliphatic rings. The van der Waals surface area contributed by atoms with Gasteiger partial charge in [-0.1, -0.05) is 18.2 Å². The zero-order chi connectivity index (χ0) is 19.0. The van der Waals surface area contributed by atoms with Gasteiger partial charge in [-0.25, -0.2) is 8.78 Å². The molecule has 6 heteroatoms. The molecule has 5 rings (SSSR count). The van der Waals surface area contributed by atoms with Gasteiger partial charge in [-0.2, -0.15) is 0 Å². The molecule has 142 valence electrons. The quantitative estimate of drug-likeness (QED) is 0.828. The number of hydrogen-bond acceptors (Lipinski definition) is 3. The van der Waals surface area contributed by atoms with E-state index in [-0.39, 0.29) is 17.9 Å². The summed E-state index contributed by atoms with van der Waals surface area (Å²) in [6.45, 7) is 3.64. The van der Waals surface area contributed by atoms with Crippen LogP contribution >= 0.6 is 0 Å². The SMILES string of the molecule is Cc1ccc(CN2C[C@H]3CC[C@@H](C2)N(Cc2ccccn2)C3=O)c(F)c1F. The van der Waals surface area contributed by atoms with Crippen molar-refractivity contribution in [3.63, 3.8) is 0 Å². The molecule has 3 saturated heterocycles. The summed E-state index contributed by atoms with van der Waals surface area (Å²) in [5, 5.41) is 0. The molecule has 3 fully saturated rings. The molecular formula is C21H23F2N3O. The Kier molecular flexibility index (Phi) is 4.91. The first kappa shape index (κ1) is 18.0. The zero-order valence-electron chi connectivity index (χ0n) is 15.4. The minimum Gasteiger partial charge on any atom is -0.332 e. The summed E-state index contributed by atoms with van der Waals surface area (Å²) in [6, 6.07) is 9.04. The summed E-state index contributed by atoms with van der Waals surface area (Å²) in [6.07, 6.45) is 3.52. The molecule has 4 nitrogen and oxygen atoms in total. The molecule has 0 radical (unpaired) electrons. The predicted octanol–water partition coefficient (Wildman–Crippen LogP) is 3.29. The van der Waals surface area contributed by atoms with E-state index in [0.717, 1.165) is 18.5 Å². The van der Waals surface area contributed by atoms with E-state index >= 15 is 0 Å². The minimum absolute atomic E-state index is 0.0802. The summed E-state index contributed by atoms with van der Waals surface area (Å²) in [5.41, 5.74) is 1.53. The molecule has 1 amide bonds. The van der Waals surface area contributed by atoms with Crippen LogP contribution in [0.4, 0.5) is 8.78 Å². The number of aromatic nitrogens is 1. The first-order valence-corrected chi connectivity index (χ1v) is 9.39. The van der Waals surface area contributed by atoms with Crippen molar-refractivity contribution >= 4 is 5.91 Å². The molecule has 2 bridgehead atoms. The number of benzene rings is 1. The van der Waals surface area contributed by atoms with Gasteiger partial charge >= 0.3 is 0 Å². The third-order valence-electron chi connectivity index (χ3n) is 5.68. The zero-order valence-corrected chi connectivity index (χ0v) is 15.4. The maximum Gasteiger partial charge on any atom is 0.227 e. The van der Waals surface area contributed by atoms with Gasteiger partial charge in [-0.15, -0.1) is 0 Å². The lowest BCUT2D eigenvalue weighted by molar-refractivity contribution is -0.140. The first-order chi connectivity index (χ1) is 13.0. The molecule has 27 heavy (non-hydrogen) atoms. The highest BCUT2D eigenvalue weighted by molar-refractivity contribution is 5.80. The number of carbonyl (C=O) groups is 1. The summed E-state index contributed by atoms with van der Waals surface area (Å²) in [4.78, 5) is 21.3. The Morgan fingerprint density at radius 1 is 1.07 bits per heavy atom. The molecule has 1 aromatic heterocycles. The highest BCUT2D eigenvalue weighted by atomic mass is 19.2. The van der Waals surface area contributed by atoms with Crippen molar-refractivity contribution in [3.8, 4) is 0 Å². The highest BCUT2D eigenvalue weighted by Crippen LogP contribution is 2.31. The second-order valence-electron chi connectivity index (χ2n) is 7.58. The standard InChI is InChI=1S/C21H23F2N3O/c1-14-5-6-15(20(23)19(14)22)10-25-11-16-7-8-18(13-25)26(21(16)27)12-17-4-2-3-9-24-17/h2-6,9,16,18H,7-8,10-13H2,1H3/t16-,18+/m1/s1.